The Morgan fingerprint density at radius 1 is 0.940 bits per heavy atom. The molecule has 3 aliphatic heterocycles. The van der Waals surface area contributed by atoms with E-state index in [0.717, 1.165) is 5.57 Å². The molecule has 0 aromatic rings. The molecule has 1 saturated carbocycles. The van der Waals surface area contributed by atoms with Gasteiger partial charge in [-0.25, -0.2) is 4.79 Å². The summed E-state index contributed by atoms with van der Waals surface area (Å²) in [6.45, 7) is 22.2. The van der Waals surface area contributed by atoms with Gasteiger partial charge in [0.15, 0.2) is 8.32 Å². The number of carboxylic acids is 1. The molecule has 3 heterocycles. The third kappa shape index (κ3) is 13.5. The van der Waals surface area contributed by atoms with Gasteiger partial charge in [-0.05, 0) is 114 Å². The number of esters is 1. The smallest absolute Gasteiger partial charge is 0.329 e. The van der Waals surface area contributed by atoms with Gasteiger partial charge in [0.2, 0.25) is 5.79 Å². The number of hydrogen-bond donors (Lipinski definition) is 3. The van der Waals surface area contributed by atoms with Crippen LogP contribution >= 0.6 is 0 Å². The van der Waals surface area contributed by atoms with Crippen molar-refractivity contribution in [2.24, 2.45) is 29.6 Å². The van der Waals surface area contributed by atoms with Crippen LogP contribution in [0.5, 0.6) is 0 Å². The Morgan fingerprint density at radius 2 is 1.58 bits per heavy atom. The summed E-state index contributed by atoms with van der Waals surface area (Å²) in [6.07, 6.45) is 3.14. The lowest BCUT2D eigenvalue weighted by molar-refractivity contribution is -0.302. The van der Waals surface area contributed by atoms with Crippen molar-refractivity contribution in [3.05, 3.63) is 23.3 Å². The molecule has 3 fully saturated rings. The number of fused-ring (bicyclic) bond motifs is 3. The summed E-state index contributed by atoms with van der Waals surface area (Å²) in [6, 6.07) is -1.17. The molecule has 2 bridgehead atoms. The topological polar surface area (TPSA) is 205 Å². The first-order valence-corrected chi connectivity index (χ1v) is 27.6. The molecule has 14 atom stereocenters. The number of ketones is 2. The van der Waals surface area contributed by atoms with E-state index < -0.39 is 110 Å². The van der Waals surface area contributed by atoms with E-state index in [1.54, 1.807) is 6.92 Å². The van der Waals surface area contributed by atoms with Crippen molar-refractivity contribution < 1.29 is 67.4 Å². The number of aliphatic hydroxyl groups is 2. The highest BCUT2D eigenvalue weighted by molar-refractivity contribution is 6.74. The molecule has 4 aliphatic rings. The fourth-order valence-corrected chi connectivity index (χ4v) is 12.1. The van der Waals surface area contributed by atoms with E-state index in [0.29, 0.717) is 50.5 Å². The van der Waals surface area contributed by atoms with Gasteiger partial charge in [-0.2, -0.15) is 0 Å². The lowest BCUT2D eigenvalue weighted by Crippen LogP contribution is -2.64. The second-order valence-corrected chi connectivity index (χ2v) is 26.8. The van der Waals surface area contributed by atoms with Crippen molar-refractivity contribution in [3.8, 4) is 0 Å². The minimum Gasteiger partial charge on any atom is -0.481 e. The standard InChI is InChI=1S/C51H85NO14Si/c1-15-36-23-30(2)22-31(3)24-40(61-10)45-41(62-11)26-33(5)51(60,65-45)46(56)47(57)52-21-17-16-18-37(52)48(58)64-44(34(6)39(28-38(36)53)66-67(13,14)49(7,8)9)32(4)25-35-19-20-50(59,29-43(54)55)42(27-35)63-12/h23,25,31,33-37,39-42,44-45,59-60H,15-22,24,26-29H2,1-14H3,(H,54,55). The molecule has 0 aromatic carbocycles. The number of nitrogens with zero attached hydrogens (tertiary/aromatic N) is 1. The molecule has 2 saturated heterocycles. The fourth-order valence-electron chi connectivity index (χ4n) is 10.7. The zero-order valence-corrected chi connectivity index (χ0v) is 44.1. The van der Waals surface area contributed by atoms with Crippen LogP contribution < -0.4 is 0 Å². The zero-order valence-electron chi connectivity index (χ0n) is 43.1. The SMILES string of the molecule is CCC1C=C(C)CC(C)CC(OC)C2OC(O)(C(=O)C(=O)N3CCCCC3C(=O)OC(C(C)=CC3CCC(O)(CC(=O)O)C(OC)C3)C(C)C(O[Si](C)(C)C(C)(C)C)CC1=O)C(C)CC2OC. The molecule has 16 heteroatoms. The number of amides is 1. The van der Waals surface area contributed by atoms with Gasteiger partial charge in [-0.15, -0.1) is 0 Å². The molecule has 4 rings (SSSR count). The number of piperidine rings is 1. The quantitative estimate of drug-likeness (QED) is 0.0848. The second-order valence-electron chi connectivity index (χ2n) is 22.0. The Balaban J connectivity index is 1.89. The lowest BCUT2D eigenvalue weighted by Gasteiger charge is -2.47. The molecule has 0 spiro atoms. The van der Waals surface area contributed by atoms with Gasteiger partial charge in [-0.1, -0.05) is 66.2 Å². The molecule has 14 unspecified atom stereocenters. The zero-order chi connectivity index (χ0) is 50.4. The minimum atomic E-state index is -2.59. The lowest BCUT2D eigenvalue weighted by atomic mass is 9.74. The summed E-state index contributed by atoms with van der Waals surface area (Å²) in [5.74, 6) is -8.65. The number of rotatable bonds is 10. The number of allylic oxidation sites excluding steroid dienone is 3. The van der Waals surface area contributed by atoms with E-state index in [1.807, 2.05) is 39.8 Å². The van der Waals surface area contributed by atoms with Crippen molar-refractivity contribution in [1.29, 1.82) is 0 Å². The van der Waals surface area contributed by atoms with Gasteiger partial charge >= 0.3 is 11.9 Å². The predicted octanol–water partition coefficient (Wildman–Crippen LogP) is 7.35. The first-order valence-electron chi connectivity index (χ1n) is 24.7. The number of cyclic esters (lactones) is 1. The second kappa shape index (κ2) is 23.4. The number of ether oxygens (including phenoxy) is 5. The maximum Gasteiger partial charge on any atom is 0.329 e. The Bertz CT molecular complexity index is 1810. The molecule has 382 valence electrons. The van der Waals surface area contributed by atoms with Gasteiger partial charge in [0.25, 0.3) is 11.7 Å². The van der Waals surface area contributed by atoms with Crippen LogP contribution in [0.1, 0.15) is 139 Å². The van der Waals surface area contributed by atoms with Gasteiger partial charge in [0.05, 0.1) is 30.8 Å². The van der Waals surface area contributed by atoms with E-state index in [9.17, 15) is 39.3 Å². The summed E-state index contributed by atoms with van der Waals surface area (Å²) in [5.41, 5.74) is 0.117. The van der Waals surface area contributed by atoms with Crippen molar-refractivity contribution in [3.63, 3.8) is 0 Å². The molecule has 1 amide bonds. The molecule has 1 aliphatic carbocycles. The summed E-state index contributed by atoms with van der Waals surface area (Å²) in [4.78, 5) is 71.5. The maximum absolute atomic E-state index is 14.9. The Morgan fingerprint density at radius 3 is 2.16 bits per heavy atom. The Labute approximate surface area is 401 Å². The van der Waals surface area contributed by atoms with Crippen molar-refractivity contribution in [2.75, 3.05) is 27.9 Å². The van der Waals surface area contributed by atoms with Crippen molar-refractivity contribution in [1.82, 2.24) is 4.90 Å². The fraction of sp³-hybridized carbons (Fsp3) is 0.824. The van der Waals surface area contributed by atoms with Gasteiger partial charge in [-0.3, -0.25) is 19.2 Å². The average molecular weight is 964 g/mol. The molecule has 15 nitrogen and oxygen atoms in total. The number of carboxylic acid groups (broad SMARTS) is 1. The van der Waals surface area contributed by atoms with Crippen LogP contribution in [0.4, 0.5) is 0 Å². The number of hydrogen-bond acceptors (Lipinski definition) is 13. The number of methoxy groups -OCH3 is 3. The Kier molecular flexibility index (Phi) is 19.8. The van der Waals surface area contributed by atoms with Crippen LogP contribution in [0.25, 0.3) is 0 Å². The molecular weight excluding hydrogens is 879 g/mol. The number of carbonyl (C=O) groups excluding carboxylic acids is 4. The highest BCUT2D eigenvalue weighted by Gasteiger charge is 2.57. The highest BCUT2D eigenvalue weighted by atomic mass is 28.4. The van der Waals surface area contributed by atoms with E-state index in [-0.39, 0.29) is 54.9 Å². The summed E-state index contributed by atoms with van der Waals surface area (Å²) in [5, 5.41) is 32.9. The first kappa shape index (κ1) is 56.8. The largest absolute Gasteiger partial charge is 0.481 e. The molecule has 0 aromatic heterocycles. The highest BCUT2D eigenvalue weighted by Crippen LogP contribution is 2.43. The van der Waals surface area contributed by atoms with Crippen LogP contribution in [0.3, 0.4) is 0 Å². The van der Waals surface area contributed by atoms with Crippen molar-refractivity contribution >= 4 is 37.7 Å². The number of Topliss-reactive ketones (excluding diaryl/α,β-unsaturated/α-hetero) is 2. The van der Waals surface area contributed by atoms with E-state index >= 15 is 0 Å². The summed E-state index contributed by atoms with van der Waals surface area (Å²) in [7, 11) is 1.93. The van der Waals surface area contributed by atoms with Crippen LogP contribution in [0.2, 0.25) is 18.1 Å². The van der Waals surface area contributed by atoms with Gasteiger partial charge in [0, 0.05) is 52.0 Å². The summed E-state index contributed by atoms with van der Waals surface area (Å²) < 4.78 is 37.6. The van der Waals surface area contributed by atoms with E-state index in [1.165, 1.54) is 26.2 Å². The number of carbonyl (C=O) groups is 5. The van der Waals surface area contributed by atoms with Crippen LogP contribution in [0, 0.1) is 29.6 Å². The van der Waals surface area contributed by atoms with Crippen LogP contribution in [-0.4, -0.2) is 140 Å². The molecular formula is C51H85NO14Si. The number of aliphatic carboxylic acids is 1. The Hall–Kier alpha value is -2.83. The van der Waals surface area contributed by atoms with E-state index in [4.69, 9.17) is 28.1 Å². The van der Waals surface area contributed by atoms with Crippen LogP contribution in [0.15, 0.2) is 23.3 Å². The monoisotopic (exact) mass is 964 g/mol. The van der Waals surface area contributed by atoms with Gasteiger partial charge < -0.3 is 48.3 Å². The minimum absolute atomic E-state index is 0.000115. The van der Waals surface area contributed by atoms with E-state index in [2.05, 4.69) is 40.8 Å². The summed E-state index contributed by atoms with van der Waals surface area (Å²) >= 11 is 0. The third-order valence-corrected chi connectivity index (χ3v) is 20.3. The third-order valence-electron chi connectivity index (χ3n) is 15.8. The van der Waals surface area contributed by atoms with Crippen molar-refractivity contribution in [2.45, 2.75) is 212 Å². The maximum atomic E-state index is 14.9. The first-order chi connectivity index (χ1) is 31.2. The van der Waals surface area contributed by atoms with Gasteiger partial charge in [0.1, 0.15) is 29.6 Å². The molecule has 0 radical (unpaired) electrons. The molecule has 3 N–H and O–H groups in total. The average Bonchev–Trinajstić information content (AvgIpc) is 3.25. The van der Waals surface area contributed by atoms with Crippen LogP contribution in [-0.2, 0) is 52.1 Å². The predicted molar refractivity (Wildman–Crippen MR) is 255 cm³/mol. The molecule has 67 heavy (non-hydrogen) atoms. The normalized spacial score (nSPS) is 37.5.